The molecule has 1 atom stereocenters. The monoisotopic (exact) mass is 390 g/mol. The fourth-order valence-corrected chi connectivity index (χ4v) is 2.61. The molecule has 2 amide bonds. The van der Waals surface area contributed by atoms with Crippen LogP contribution in [0.5, 0.6) is 0 Å². The maximum absolute atomic E-state index is 12.3. The lowest BCUT2D eigenvalue weighted by Gasteiger charge is -2.14. The Bertz CT molecular complexity index is 931. The second kappa shape index (κ2) is 10.0. The predicted molar refractivity (Wildman–Crippen MR) is 110 cm³/mol. The lowest BCUT2D eigenvalue weighted by atomic mass is 10.1. The van der Waals surface area contributed by atoms with Crippen LogP contribution in [0, 0.1) is 0 Å². The molecule has 0 aliphatic carbocycles. The fraction of sp³-hybridized carbons (Fsp3) is 0.136. The van der Waals surface area contributed by atoms with Crippen molar-refractivity contribution in [1.29, 1.82) is 0 Å². The van der Waals surface area contributed by atoms with Crippen molar-refractivity contribution in [2.75, 3.05) is 11.9 Å². The Balaban J connectivity index is 1.46. The van der Waals surface area contributed by atoms with Gasteiger partial charge in [-0.15, -0.1) is 0 Å². The molecule has 148 valence electrons. The highest BCUT2D eigenvalue weighted by Crippen LogP contribution is 2.13. The lowest BCUT2D eigenvalue weighted by Crippen LogP contribution is -2.32. The number of nitrogens with one attached hydrogen (secondary N) is 2. The third kappa shape index (κ3) is 6.15. The maximum atomic E-state index is 12.3. The van der Waals surface area contributed by atoms with Gasteiger partial charge in [0, 0.05) is 36.2 Å². The molecule has 2 aromatic carbocycles. The number of ether oxygens (including phenoxy) is 1. The van der Waals surface area contributed by atoms with Gasteiger partial charge in [0.15, 0.2) is 0 Å². The van der Waals surface area contributed by atoms with Gasteiger partial charge in [-0.2, -0.15) is 0 Å². The zero-order chi connectivity index (χ0) is 20.5. The zero-order valence-corrected chi connectivity index (χ0v) is 15.7. The first-order valence-corrected chi connectivity index (χ1v) is 9.13. The van der Waals surface area contributed by atoms with Crippen LogP contribution in [0.1, 0.15) is 27.5 Å². The standard InChI is InChI=1S/C22H22N4O3/c23-20(14-25-22(28)29-15-16-4-2-1-3-5-16)17-6-8-18(9-7-17)21(27)26-19-10-12-24-13-11-19/h1-13,20H,14-15,23H2,(H,25,28)(H,24,26,27). The molecule has 0 bridgehead atoms. The summed E-state index contributed by atoms with van der Waals surface area (Å²) in [6.45, 7) is 0.416. The molecule has 7 nitrogen and oxygen atoms in total. The summed E-state index contributed by atoms with van der Waals surface area (Å²) in [5, 5.41) is 5.44. The van der Waals surface area contributed by atoms with Crippen LogP contribution in [-0.2, 0) is 11.3 Å². The Morgan fingerprint density at radius 2 is 1.66 bits per heavy atom. The average molecular weight is 390 g/mol. The van der Waals surface area contributed by atoms with Gasteiger partial charge in [-0.25, -0.2) is 4.79 Å². The number of nitrogens with two attached hydrogens (primary N) is 1. The summed E-state index contributed by atoms with van der Waals surface area (Å²) in [6, 6.07) is 19.4. The van der Waals surface area contributed by atoms with E-state index in [2.05, 4.69) is 15.6 Å². The zero-order valence-electron chi connectivity index (χ0n) is 15.7. The summed E-state index contributed by atoms with van der Waals surface area (Å²) in [6.07, 6.45) is 2.68. The number of hydrogen-bond donors (Lipinski definition) is 3. The van der Waals surface area contributed by atoms with Crippen LogP contribution < -0.4 is 16.4 Å². The first-order valence-electron chi connectivity index (χ1n) is 9.13. The minimum atomic E-state index is -0.530. The number of hydrogen-bond acceptors (Lipinski definition) is 5. The predicted octanol–water partition coefficient (Wildman–Crippen LogP) is 3.26. The van der Waals surface area contributed by atoms with E-state index in [4.69, 9.17) is 10.5 Å². The normalized spacial score (nSPS) is 11.3. The van der Waals surface area contributed by atoms with Gasteiger partial charge in [-0.1, -0.05) is 42.5 Å². The molecule has 1 unspecified atom stereocenters. The average Bonchev–Trinajstić information content (AvgIpc) is 2.77. The van der Waals surface area contributed by atoms with Gasteiger partial charge in [0.25, 0.3) is 5.91 Å². The molecule has 3 rings (SSSR count). The van der Waals surface area contributed by atoms with E-state index in [0.29, 0.717) is 11.3 Å². The Labute approximate surface area is 168 Å². The Morgan fingerprint density at radius 3 is 2.34 bits per heavy atom. The van der Waals surface area contributed by atoms with Crippen LogP contribution in [0.15, 0.2) is 79.1 Å². The second-order valence-corrected chi connectivity index (χ2v) is 6.36. The number of pyridine rings is 1. The van der Waals surface area contributed by atoms with Crippen molar-refractivity contribution in [2.45, 2.75) is 12.6 Å². The molecule has 0 radical (unpaired) electrons. The van der Waals surface area contributed by atoms with Gasteiger partial charge in [0.1, 0.15) is 6.61 Å². The number of aromatic nitrogens is 1. The number of nitrogens with zero attached hydrogens (tertiary/aromatic N) is 1. The molecule has 0 saturated heterocycles. The molecule has 29 heavy (non-hydrogen) atoms. The summed E-state index contributed by atoms with van der Waals surface area (Å²) in [5.74, 6) is -0.223. The highest BCUT2D eigenvalue weighted by molar-refractivity contribution is 6.04. The summed E-state index contributed by atoms with van der Waals surface area (Å²) in [4.78, 5) is 28.0. The third-order valence-electron chi connectivity index (χ3n) is 4.22. The van der Waals surface area contributed by atoms with Crippen molar-refractivity contribution < 1.29 is 14.3 Å². The van der Waals surface area contributed by atoms with Gasteiger partial charge in [0.2, 0.25) is 0 Å². The van der Waals surface area contributed by atoms with Crippen LogP contribution in [-0.4, -0.2) is 23.5 Å². The highest BCUT2D eigenvalue weighted by atomic mass is 16.5. The topological polar surface area (TPSA) is 106 Å². The Hall–Kier alpha value is -3.71. The molecule has 0 aliphatic rings. The van der Waals surface area contributed by atoms with Crippen molar-refractivity contribution in [3.63, 3.8) is 0 Å². The number of carbonyl (C=O) groups excluding carboxylic acids is 2. The number of amides is 2. The first kappa shape index (κ1) is 20.0. The minimum Gasteiger partial charge on any atom is -0.445 e. The van der Waals surface area contributed by atoms with Gasteiger partial charge in [-0.05, 0) is 35.4 Å². The van der Waals surface area contributed by atoms with Crippen molar-refractivity contribution in [1.82, 2.24) is 10.3 Å². The number of anilines is 1. The SMILES string of the molecule is NC(CNC(=O)OCc1ccccc1)c1ccc(C(=O)Nc2ccncc2)cc1. The molecule has 4 N–H and O–H groups in total. The van der Waals surface area contributed by atoms with Crippen LogP contribution in [0.4, 0.5) is 10.5 Å². The van der Waals surface area contributed by atoms with E-state index in [1.807, 2.05) is 30.3 Å². The van der Waals surface area contributed by atoms with Crippen LogP contribution in [0.2, 0.25) is 0 Å². The number of carbonyl (C=O) groups is 2. The summed E-state index contributed by atoms with van der Waals surface area (Å²) in [5.41, 5.74) is 9.01. The Kier molecular flexibility index (Phi) is 6.91. The number of alkyl carbamates (subject to hydrolysis) is 1. The lowest BCUT2D eigenvalue weighted by molar-refractivity contribution is 0.102. The molecule has 0 aliphatic heterocycles. The van der Waals surface area contributed by atoms with E-state index in [1.165, 1.54) is 0 Å². The third-order valence-corrected chi connectivity index (χ3v) is 4.22. The van der Waals surface area contributed by atoms with Gasteiger partial charge >= 0.3 is 6.09 Å². The number of benzene rings is 2. The van der Waals surface area contributed by atoms with E-state index in [0.717, 1.165) is 11.1 Å². The van der Waals surface area contributed by atoms with E-state index in [1.54, 1.807) is 48.8 Å². The second-order valence-electron chi connectivity index (χ2n) is 6.36. The minimum absolute atomic E-state index is 0.198. The quantitative estimate of drug-likeness (QED) is 0.574. The van der Waals surface area contributed by atoms with Gasteiger partial charge in [-0.3, -0.25) is 9.78 Å². The van der Waals surface area contributed by atoms with Crippen LogP contribution in [0.3, 0.4) is 0 Å². The van der Waals surface area contributed by atoms with E-state index in [-0.39, 0.29) is 19.1 Å². The van der Waals surface area contributed by atoms with Crippen molar-refractivity contribution >= 4 is 17.7 Å². The summed E-state index contributed by atoms with van der Waals surface area (Å²) in [7, 11) is 0. The molecule has 1 aromatic heterocycles. The van der Waals surface area contributed by atoms with Crippen molar-refractivity contribution in [3.05, 3.63) is 95.8 Å². The summed E-state index contributed by atoms with van der Waals surface area (Å²) >= 11 is 0. The molecule has 7 heteroatoms. The maximum Gasteiger partial charge on any atom is 0.407 e. The fourth-order valence-electron chi connectivity index (χ4n) is 2.61. The largest absolute Gasteiger partial charge is 0.445 e. The van der Waals surface area contributed by atoms with Gasteiger partial charge < -0.3 is 21.1 Å². The summed E-state index contributed by atoms with van der Waals surface area (Å²) < 4.78 is 5.16. The number of rotatable bonds is 7. The highest BCUT2D eigenvalue weighted by Gasteiger charge is 2.11. The molecule has 0 saturated carbocycles. The smallest absolute Gasteiger partial charge is 0.407 e. The van der Waals surface area contributed by atoms with Crippen molar-refractivity contribution in [3.8, 4) is 0 Å². The Morgan fingerprint density at radius 1 is 0.966 bits per heavy atom. The van der Waals surface area contributed by atoms with Gasteiger partial charge in [0.05, 0.1) is 0 Å². The van der Waals surface area contributed by atoms with E-state index >= 15 is 0 Å². The van der Waals surface area contributed by atoms with Crippen molar-refractivity contribution in [2.24, 2.45) is 5.73 Å². The van der Waals surface area contributed by atoms with Crippen LogP contribution in [0.25, 0.3) is 0 Å². The van der Waals surface area contributed by atoms with E-state index < -0.39 is 12.1 Å². The van der Waals surface area contributed by atoms with E-state index in [9.17, 15) is 9.59 Å². The molecule has 1 heterocycles. The molecule has 0 fully saturated rings. The molecular weight excluding hydrogens is 368 g/mol. The molecule has 3 aromatic rings. The molecular formula is C22H22N4O3. The molecule has 0 spiro atoms. The first-order chi connectivity index (χ1) is 14.1. The van der Waals surface area contributed by atoms with Crippen LogP contribution >= 0.6 is 0 Å².